The molecule has 0 unspecified atom stereocenters. The summed E-state index contributed by atoms with van der Waals surface area (Å²) in [7, 11) is 0. The Kier molecular flexibility index (Phi) is 3.84. The Morgan fingerprint density at radius 2 is 2.00 bits per heavy atom. The zero-order chi connectivity index (χ0) is 16.5. The molecule has 0 spiro atoms. The van der Waals surface area contributed by atoms with Crippen molar-refractivity contribution in [3.05, 3.63) is 24.4 Å². The van der Waals surface area contributed by atoms with E-state index >= 15 is 0 Å². The van der Waals surface area contributed by atoms with E-state index in [0.29, 0.717) is 5.52 Å². The monoisotopic (exact) mass is 300 g/mol. The van der Waals surface area contributed by atoms with E-state index in [0.717, 1.165) is 11.1 Å². The number of benzene rings is 1. The minimum atomic E-state index is -0.664. The van der Waals surface area contributed by atoms with E-state index in [2.05, 4.69) is 16.5 Å². The second-order valence-corrected chi connectivity index (χ2v) is 6.78. The van der Waals surface area contributed by atoms with Gasteiger partial charge in [0.2, 0.25) is 0 Å². The Morgan fingerprint density at radius 3 is 2.59 bits per heavy atom. The Hall–Kier alpha value is -2.55. The molecule has 6 heteroatoms. The molecule has 22 heavy (non-hydrogen) atoms. The van der Waals surface area contributed by atoms with Crippen LogP contribution in [0.25, 0.3) is 10.9 Å². The van der Waals surface area contributed by atoms with Crippen molar-refractivity contribution < 1.29 is 9.63 Å². The first-order valence-electron chi connectivity index (χ1n) is 7.02. The average Bonchev–Trinajstić information content (AvgIpc) is 2.80. The SMILES string of the molecule is CC(C)(C#N)Nc1ccc2c(cnn2OC(=O)C(C)(C)C)c1. The van der Waals surface area contributed by atoms with Gasteiger partial charge in [0.1, 0.15) is 11.1 Å². The van der Waals surface area contributed by atoms with Crippen molar-refractivity contribution in [2.24, 2.45) is 5.41 Å². The molecule has 0 aliphatic carbocycles. The first-order chi connectivity index (χ1) is 10.1. The van der Waals surface area contributed by atoms with Crippen LogP contribution in [0.3, 0.4) is 0 Å². The van der Waals surface area contributed by atoms with Crippen molar-refractivity contribution in [1.29, 1.82) is 5.26 Å². The lowest BCUT2D eigenvalue weighted by atomic mass is 9.98. The fourth-order valence-corrected chi connectivity index (χ4v) is 1.76. The summed E-state index contributed by atoms with van der Waals surface area (Å²) in [5.41, 5.74) is 0.234. The van der Waals surface area contributed by atoms with Crippen LogP contribution in [0.1, 0.15) is 34.6 Å². The third-order valence-corrected chi connectivity index (χ3v) is 3.05. The molecule has 2 aromatic rings. The van der Waals surface area contributed by atoms with Crippen molar-refractivity contribution in [3.63, 3.8) is 0 Å². The zero-order valence-corrected chi connectivity index (χ0v) is 13.5. The van der Waals surface area contributed by atoms with Gasteiger partial charge in [-0.1, -0.05) is 4.85 Å². The topological polar surface area (TPSA) is 79.9 Å². The zero-order valence-electron chi connectivity index (χ0n) is 13.5. The highest BCUT2D eigenvalue weighted by atomic mass is 16.7. The Labute approximate surface area is 129 Å². The largest absolute Gasteiger partial charge is 0.368 e. The van der Waals surface area contributed by atoms with Gasteiger partial charge in [0.15, 0.2) is 0 Å². The first-order valence-corrected chi connectivity index (χ1v) is 7.02. The molecule has 0 aliphatic heterocycles. The van der Waals surface area contributed by atoms with Crippen LogP contribution in [0.4, 0.5) is 5.69 Å². The maximum absolute atomic E-state index is 11.9. The van der Waals surface area contributed by atoms with Crippen LogP contribution >= 0.6 is 0 Å². The van der Waals surface area contributed by atoms with E-state index in [-0.39, 0.29) is 5.97 Å². The van der Waals surface area contributed by atoms with E-state index in [4.69, 9.17) is 10.1 Å². The molecule has 0 saturated carbocycles. The van der Waals surface area contributed by atoms with Gasteiger partial charge in [0.05, 0.1) is 17.7 Å². The number of hydrogen-bond donors (Lipinski definition) is 1. The maximum Gasteiger partial charge on any atom is 0.340 e. The molecule has 1 N–H and O–H groups in total. The molecule has 1 heterocycles. The van der Waals surface area contributed by atoms with Crippen LogP contribution in [-0.4, -0.2) is 21.5 Å². The van der Waals surface area contributed by atoms with E-state index in [1.54, 1.807) is 46.9 Å². The number of fused-ring (bicyclic) bond motifs is 1. The highest BCUT2D eigenvalue weighted by Gasteiger charge is 2.25. The Balaban J connectivity index is 2.28. The number of rotatable bonds is 3. The molecule has 0 saturated heterocycles. The van der Waals surface area contributed by atoms with Crippen molar-refractivity contribution in [3.8, 4) is 6.07 Å². The van der Waals surface area contributed by atoms with Crippen molar-refractivity contribution in [1.82, 2.24) is 9.94 Å². The number of nitrogens with zero attached hydrogens (tertiary/aromatic N) is 3. The van der Waals surface area contributed by atoms with Crippen LogP contribution in [0.5, 0.6) is 0 Å². The molecule has 1 aromatic carbocycles. The van der Waals surface area contributed by atoms with Gasteiger partial charge in [-0.2, -0.15) is 5.26 Å². The third kappa shape index (κ3) is 3.37. The van der Waals surface area contributed by atoms with Gasteiger partial charge in [0, 0.05) is 11.1 Å². The summed E-state index contributed by atoms with van der Waals surface area (Å²) in [4.78, 5) is 18.4. The van der Waals surface area contributed by atoms with Crippen molar-refractivity contribution in [2.45, 2.75) is 40.2 Å². The predicted octanol–water partition coefficient (Wildman–Crippen LogP) is 2.75. The summed E-state index contributed by atoms with van der Waals surface area (Å²) in [6.07, 6.45) is 1.62. The second kappa shape index (κ2) is 5.34. The summed E-state index contributed by atoms with van der Waals surface area (Å²) in [6.45, 7) is 8.95. The summed E-state index contributed by atoms with van der Waals surface area (Å²) >= 11 is 0. The molecule has 0 radical (unpaired) electrons. The van der Waals surface area contributed by atoms with E-state index < -0.39 is 11.0 Å². The highest BCUT2D eigenvalue weighted by molar-refractivity contribution is 5.83. The fraction of sp³-hybridized carbons (Fsp3) is 0.438. The van der Waals surface area contributed by atoms with Gasteiger partial charge in [-0.15, -0.1) is 5.10 Å². The summed E-state index contributed by atoms with van der Waals surface area (Å²) in [6, 6.07) is 7.67. The van der Waals surface area contributed by atoms with Crippen LogP contribution in [0.2, 0.25) is 0 Å². The average molecular weight is 300 g/mol. The normalized spacial score (nSPS) is 12.0. The summed E-state index contributed by atoms with van der Waals surface area (Å²) < 4.78 is 0. The first kappa shape index (κ1) is 15.8. The maximum atomic E-state index is 11.9. The molecule has 0 fully saturated rings. The van der Waals surface area contributed by atoms with Gasteiger partial charge < -0.3 is 10.2 Å². The summed E-state index contributed by atoms with van der Waals surface area (Å²) in [5, 5.41) is 17.1. The lowest BCUT2D eigenvalue weighted by Gasteiger charge is -2.19. The van der Waals surface area contributed by atoms with Gasteiger partial charge in [-0.25, -0.2) is 4.79 Å². The van der Waals surface area contributed by atoms with Gasteiger partial charge >= 0.3 is 5.97 Å². The lowest BCUT2D eigenvalue weighted by molar-refractivity contribution is -0.154. The third-order valence-electron chi connectivity index (χ3n) is 3.05. The standard InChI is InChI=1S/C16H20N4O2/c1-15(2,3)14(21)22-20-13-7-6-12(8-11(13)9-18-20)19-16(4,5)10-17/h6-9,19H,1-5H3. The molecule has 6 nitrogen and oxygen atoms in total. The highest BCUT2D eigenvalue weighted by Crippen LogP contribution is 2.22. The molecule has 0 amide bonds. The molecule has 2 rings (SSSR count). The number of anilines is 1. The molecular formula is C16H20N4O2. The van der Waals surface area contributed by atoms with Crippen LogP contribution in [0.15, 0.2) is 24.4 Å². The summed E-state index contributed by atoms with van der Waals surface area (Å²) in [5.74, 6) is -0.356. The number of nitrogens with one attached hydrogen (secondary N) is 1. The van der Waals surface area contributed by atoms with E-state index in [1.807, 2.05) is 12.1 Å². The minimum Gasteiger partial charge on any atom is -0.368 e. The quantitative estimate of drug-likeness (QED) is 0.942. The molecular weight excluding hydrogens is 280 g/mol. The fourth-order valence-electron chi connectivity index (χ4n) is 1.76. The number of carbonyl (C=O) groups excluding carboxylic acids is 1. The molecule has 1 aromatic heterocycles. The molecule has 0 aliphatic rings. The van der Waals surface area contributed by atoms with E-state index in [9.17, 15) is 4.79 Å². The van der Waals surface area contributed by atoms with Crippen molar-refractivity contribution in [2.75, 3.05) is 5.32 Å². The number of aromatic nitrogens is 2. The molecule has 0 atom stereocenters. The number of carbonyl (C=O) groups is 1. The predicted molar refractivity (Wildman–Crippen MR) is 84.1 cm³/mol. The van der Waals surface area contributed by atoms with Gasteiger partial charge in [0.25, 0.3) is 0 Å². The second-order valence-electron chi connectivity index (χ2n) is 6.78. The number of nitriles is 1. The molecule has 0 bridgehead atoms. The minimum absolute atomic E-state index is 0.356. The lowest BCUT2D eigenvalue weighted by Crippen LogP contribution is -2.31. The molecule has 116 valence electrons. The van der Waals surface area contributed by atoms with Crippen LogP contribution in [0, 0.1) is 16.7 Å². The number of hydrogen-bond acceptors (Lipinski definition) is 5. The Bertz CT molecular complexity index is 748. The Morgan fingerprint density at radius 1 is 1.32 bits per heavy atom. The van der Waals surface area contributed by atoms with Gasteiger partial charge in [-0.3, -0.25) is 0 Å². The smallest absolute Gasteiger partial charge is 0.340 e. The van der Waals surface area contributed by atoms with Gasteiger partial charge in [-0.05, 0) is 52.8 Å². The van der Waals surface area contributed by atoms with Crippen LogP contribution < -0.4 is 10.2 Å². The van der Waals surface area contributed by atoms with Crippen LogP contribution in [-0.2, 0) is 4.79 Å². The van der Waals surface area contributed by atoms with Crippen molar-refractivity contribution >= 4 is 22.6 Å². The van der Waals surface area contributed by atoms with E-state index in [1.165, 1.54) is 4.85 Å².